The summed E-state index contributed by atoms with van der Waals surface area (Å²) in [5.74, 6) is 2.66. The van der Waals surface area contributed by atoms with E-state index in [1.54, 1.807) is 23.9 Å². The molecule has 0 bridgehead atoms. The van der Waals surface area contributed by atoms with Gasteiger partial charge in [0, 0.05) is 56.4 Å². The molecule has 3 aliphatic rings. The maximum absolute atomic E-state index is 13.8. The molecule has 3 saturated heterocycles. The molecule has 3 aliphatic heterocycles. The topological polar surface area (TPSA) is 60.9 Å². The quantitative estimate of drug-likeness (QED) is 0.606. The summed E-state index contributed by atoms with van der Waals surface area (Å²) in [6.07, 6.45) is -3.72. The number of aromatic nitrogens is 1. The second kappa shape index (κ2) is 11.8. The molecule has 0 aliphatic carbocycles. The zero-order valence-electron chi connectivity index (χ0n) is 19.8. The minimum Gasteiger partial charge on any atom is -0.497 e. The summed E-state index contributed by atoms with van der Waals surface area (Å²) >= 11 is 1.78. The molecule has 36 heavy (non-hydrogen) atoms. The number of carbonyl (C=O) groups is 1. The number of benzene rings is 1. The van der Waals surface area contributed by atoms with Crippen LogP contribution in [0.1, 0.15) is 12.0 Å². The number of carbonyl (C=O) groups excluding carboxylic acids is 1. The normalized spacial score (nSPS) is 22.9. The Hall–Kier alpha value is -1.66. The minimum atomic E-state index is -4.49. The highest BCUT2D eigenvalue weighted by atomic mass is 35.5. The number of fused-ring (bicyclic) bond motifs is 1. The Kier molecular flexibility index (Phi) is 9.48. The number of thioether (sulfide) groups is 1. The van der Waals surface area contributed by atoms with Gasteiger partial charge in [0.1, 0.15) is 11.6 Å². The van der Waals surface area contributed by atoms with E-state index in [-0.39, 0.29) is 48.2 Å². The third kappa shape index (κ3) is 5.91. The highest BCUT2D eigenvalue weighted by Gasteiger charge is 2.38. The Labute approximate surface area is 224 Å². The van der Waals surface area contributed by atoms with Gasteiger partial charge in [-0.1, -0.05) is 0 Å². The monoisotopic (exact) mass is 567 g/mol. The van der Waals surface area contributed by atoms with Gasteiger partial charge in [-0.15, -0.1) is 36.6 Å². The van der Waals surface area contributed by atoms with E-state index in [9.17, 15) is 18.0 Å². The number of halogens is 5. The molecule has 4 heterocycles. The van der Waals surface area contributed by atoms with Crippen LogP contribution >= 0.6 is 36.6 Å². The van der Waals surface area contributed by atoms with Crippen LogP contribution in [0.2, 0.25) is 0 Å². The highest BCUT2D eigenvalue weighted by molar-refractivity contribution is 7.99. The largest absolute Gasteiger partial charge is 0.497 e. The van der Waals surface area contributed by atoms with Crippen LogP contribution in [0.4, 0.5) is 19.0 Å². The van der Waals surface area contributed by atoms with Gasteiger partial charge < -0.3 is 19.9 Å². The van der Waals surface area contributed by atoms with Crippen molar-refractivity contribution in [2.45, 2.75) is 24.7 Å². The second-order valence-corrected chi connectivity index (χ2v) is 10.00. The molecule has 200 valence electrons. The lowest BCUT2D eigenvalue weighted by atomic mass is 10.1. The van der Waals surface area contributed by atoms with E-state index in [4.69, 9.17) is 4.74 Å². The van der Waals surface area contributed by atoms with E-state index in [1.165, 1.54) is 13.2 Å². The first-order chi connectivity index (χ1) is 16.3. The third-order valence-corrected chi connectivity index (χ3v) is 7.90. The maximum Gasteiger partial charge on any atom is 0.417 e. The molecule has 0 spiro atoms. The molecular weight excluding hydrogens is 538 g/mol. The van der Waals surface area contributed by atoms with Crippen LogP contribution in [0.25, 0.3) is 10.9 Å². The van der Waals surface area contributed by atoms with Crippen LogP contribution in [0, 0.1) is 0 Å². The van der Waals surface area contributed by atoms with Crippen molar-refractivity contribution in [1.82, 2.24) is 20.1 Å². The van der Waals surface area contributed by atoms with Gasteiger partial charge in [0.2, 0.25) is 5.91 Å². The van der Waals surface area contributed by atoms with Crippen LogP contribution in [0.3, 0.4) is 0 Å². The van der Waals surface area contributed by atoms with Crippen molar-refractivity contribution < 1.29 is 22.7 Å². The Balaban J connectivity index is 0.00000180. The number of alkyl halides is 3. The van der Waals surface area contributed by atoms with Crippen molar-refractivity contribution in [2.24, 2.45) is 0 Å². The minimum absolute atomic E-state index is 0. The zero-order valence-corrected chi connectivity index (χ0v) is 22.2. The number of methoxy groups -OCH3 is 1. The average Bonchev–Trinajstić information content (AvgIpc) is 3.55. The van der Waals surface area contributed by atoms with Crippen molar-refractivity contribution in [1.29, 1.82) is 0 Å². The molecule has 1 aromatic heterocycles. The fraction of sp³-hybridized carbons (Fsp3) is 0.565. The first kappa shape index (κ1) is 28.9. The molecule has 1 N–H and O–H groups in total. The van der Waals surface area contributed by atoms with Crippen LogP contribution in [-0.4, -0.2) is 90.8 Å². The molecule has 2 atom stereocenters. The van der Waals surface area contributed by atoms with Gasteiger partial charge in [-0.05, 0) is 30.7 Å². The van der Waals surface area contributed by atoms with Crippen molar-refractivity contribution in [2.75, 3.05) is 62.9 Å². The summed E-state index contributed by atoms with van der Waals surface area (Å²) in [6.45, 7) is 4.18. The van der Waals surface area contributed by atoms with Crippen LogP contribution in [0.15, 0.2) is 24.3 Å². The van der Waals surface area contributed by atoms with Crippen molar-refractivity contribution >= 4 is 59.2 Å². The van der Waals surface area contributed by atoms with E-state index >= 15 is 0 Å². The summed E-state index contributed by atoms with van der Waals surface area (Å²) in [5.41, 5.74) is -0.398. The van der Waals surface area contributed by atoms with E-state index < -0.39 is 11.7 Å². The number of rotatable bonds is 4. The predicted molar refractivity (Wildman–Crippen MR) is 141 cm³/mol. The van der Waals surface area contributed by atoms with Gasteiger partial charge in [-0.25, -0.2) is 4.98 Å². The lowest BCUT2D eigenvalue weighted by Gasteiger charge is -2.38. The van der Waals surface area contributed by atoms with Gasteiger partial charge in [-0.2, -0.15) is 13.2 Å². The lowest BCUT2D eigenvalue weighted by molar-refractivity contribution is -0.136. The zero-order chi connectivity index (χ0) is 23.9. The van der Waals surface area contributed by atoms with Gasteiger partial charge in [0.15, 0.2) is 0 Å². The maximum atomic E-state index is 13.8. The van der Waals surface area contributed by atoms with Gasteiger partial charge in [0.25, 0.3) is 0 Å². The van der Waals surface area contributed by atoms with Crippen LogP contribution in [-0.2, 0) is 11.0 Å². The lowest BCUT2D eigenvalue weighted by Crippen LogP contribution is -2.51. The number of ether oxygens (including phenoxy) is 1. The Morgan fingerprint density at radius 3 is 2.53 bits per heavy atom. The predicted octanol–water partition coefficient (Wildman–Crippen LogP) is 3.49. The summed E-state index contributed by atoms with van der Waals surface area (Å²) in [4.78, 5) is 23.4. The second-order valence-electron chi connectivity index (χ2n) is 8.92. The van der Waals surface area contributed by atoms with Crippen LogP contribution in [0.5, 0.6) is 5.75 Å². The van der Waals surface area contributed by atoms with E-state index in [1.807, 2.05) is 9.80 Å². The summed E-state index contributed by atoms with van der Waals surface area (Å²) < 4.78 is 46.6. The van der Waals surface area contributed by atoms with E-state index in [2.05, 4.69) is 15.2 Å². The highest BCUT2D eigenvalue weighted by Crippen LogP contribution is 2.38. The number of pyridine rings is 1. The molecule has 1 amide bonds. The Bertz CT molecular complexity index is 1070. The van der Waals surface area contributed by atoms with Gasteiger partial charge >= 0.3 is 6.18 Å². The number of amides is 1. The number of piperazine rings is 1. The Morgan fingerprint density at radius 2 is 1.89 bits per heavy atom. The fourth-order valence-electron chi connectivity index (χ4n) is 5.02. The molecule has 0 radical (unpaired) electrons. The average molecular weight is 568 g/mol. The molecule has 2 aromatic rings. The van der Waals surface area contributed by atoms with Crippen LogP contribution < -0.4 is 15.0 Å². The number of nitrogens with one attached hydrogen (secondary N) is 1. The third-order valence-electron chi connectivity index (χ3n) is 6.93. The molecule has 13 heteroatoms. The van der Waals surface area contributed by atoms with Gasteiger partial charge in [0.05, 0.1) is 30.1 Å². The smallest absolute Gasteiger partial charge is 0.417 e. The molecule has 5 rings (SSSR count). The first-order valence-electron chi connectivity index (χ1n) is 11.5. The molecule has 0 saturated carbocycles. The molecule has 0 unspecified atom stereocenters. The molecule has 7 nitrogen and oxygen atoms in total. The number of nitrogens with zero attached hydrogens (tertiary/aromatic N) is 4. The first-order valence-corrected chi connectivity index (χ1v) is 12.6. The number of hydrogen-bond donors (Lipinski definition) is 1. The number of anilines is 1. The fourth-order valence-corrected chi connectivity index (χ4v) is 5.98. The van der Waals surface area contributed by atoms with Crippen molar-refractivity contribution in [3.63, 3.8) is 0 Å². The summed E-state index contributed by atoms with van der Waals surface area (Å²) in [6, 6.07) is 5.85. The van der Waals surface area contributed by atoms with Crippen molar-refractivity contribution in [3.8, 4) is 5.75 Å². The van der Waals surface area contributed by atoms with E-state index in [0.29, 0.717) is 30.2 Å². The molecule has 3 fully saturated rings. The standard InChI is InChI=1S/C23H28F3N5O2S.2ClH/c1-33-16-2-3-19-17(11-16)18(23(24,25)26)12-21(28-19)30-6-4-29(5-7-30)15-10-20(27-13-15)22(32)31-8-9-34-14-31;;/h2-3,11-12,15,20,27H,4-10,13-14H2,1H3;2*1H/t15-,20-;;/m0../s1. The van der Waals surface area contributed by atoms with Crippen molar-refractivity contribution in [3.05, 3.63) is 29.8 Å². The summed E-state index contributed by atoms with van der Waals surface area (Å²) in [5, 5.41) is 3.41. The van der Waals surface area contributed by atoms with Gasteiger partial charge in [-0.3, -0.25) is 9.69 Å². The summed E-state index contributed by atoms with van der Waals surface area (Å²) in [7, 11) is 1.43. The molecule has 1 aromatic carbocycles. The molecular formula is C23H30Cl2F3N5O2S. The van der Waals surface area contributed by atoms with E-state index in [0.717, 1.165) is 50.3 Å². The SMILES string of the molecule is COc1ccc2nc(N3CCN([C@@H]4CN[C@H](C(=O)N5CCSC5)C4)CC3)cc(C(F)(F)F)c2c1.Cl.Cl. The number of hydrogen-bond acceptors (Lipinski definition) is 7. The Morgan fingerprint density at radius 1 is 1.14 bits per heavy atom.